The Kier molecular flexibility index (Phi) is 10.00. The van der Waals surface area contributed by atoms with E-state index in [0.29, 0.717) is 0 Å². The maximum atomic E-state index is 2.70. The smallest absolute Gasteiger partial charge is 0.0714 e. The van der Waals surface area contributed by atoms with Gasteiger partial charge in [0, 0.05) is 16.9 Å². The van der Waals surface area contributed by atoms with Crippen LogP contribution < -0.4 is 4.90 Å². The van der Waals surface area contributed by atoms with Crippen LogP contribution >= 0.6 is 0 Å². The van der Waals surface area contributed by atoms with Gasteiger partial charge in [-0.25, -0.2) is 0 Å². The molecule has 0 atom stereocenters. The minimum absolute atomic E-state index is 0.0127. The molecule has 0 saturated heterocycles. The van der Waals surface area contributed by atoms with E-state index in [2.05, 4.69) is 240 Å². The van der Waals surface area contributed by atoms with E-state index in [1.807, 2.05) is 0 Å². The van der Waals surface area contributed by atoms with E-state index in [1.165, 1.54) is 127 Å². The lowest BCUT2D eigenvalue weighted by molar-refractivity contribution is 0.332. The van der Waals surface area contributed by atoms with Crippen LogP contribution in [0.2, 0.25) is 0 Å². The highest BCUT2D eigenvalue weighted by Crippen LogP contribution is 2.61. The van der Waals surface area contributed by atoms with Crippen LogP contribution in [0, 0.1) is 0 Å². The molecule has 0 fully saturated rings. The third-order valence-electron chi connectivity index (χ3n) is 18.1. The molecule has 0 aliphatic heterocycles. The Bertz CT molecular complexity index is 3000. The lowest BCUT2D eigenvalue weighted by Gasteiger charge is -2.44. The van der Waals surface area contributed by atoms with Crippen LogP contribution in [0.4, 0.5) is 17.1 Å². The first kappa shape index (κ1) is 44.8. The van der Waals surface area contributed by atoms with Gasteiger partial charge in [0.2, 0.25) is 0 Å². The molecule has 0 heterocycles. The van der Waals surface area contributed by atoms with Crippen LogP contribution in [0.25, 0.3) is 22.3 Å². The number of fused-ring (bicyclic) bond motifs is 6. The molecule has 0 saturated carbocycles. The van der Waals surface area contributed by atoms with E-state index in [1.54, 1.807) is 0 Å². The number of hydrogen-bond donors (Lipinski definition) is 0. The summed E-state index contributed by atoms with van der Waals surface area (Å²) < 4.78 is 0. The molecule has 11 rings (SSSR count). The zero-order chi connectivity index (χ0) is 47.8. The van der Waals surface area contributed by atoms with E-state index in [4.69, 9.17) is 0 Å². The van der Waals surface area contributed by atoms with Gasteiger partial charge in [-0.2, -0.15) is 0 Å². The standard InChI is InChI=1S/C67H73N/c1-61(2)34-36-64(7,8)57-40-46(30-32-53(57)61)68(47-31-33-54-58(41-47)65(9,10)37-35-62(54,3)4)59-43-56-50(42-51(59)49-27-21-29-55-60(49)66(11,12)39-38-63(55,5)6)48-26-19-20-28-52(48)67(56,44-22-15-13-16-23-44)45-24-17-14-18-25-45/h13-33,40-43H,34-39H2,1-12H3. The maximum absolute atomic E-state index is 2.70. The molecule has 1 heteroatoms. The molecule has 346 valence electrons. The van der Waals surface area contributed by atoms with Crippen LogP contribution in [-0.4, -0.2) is 0 Å². The van der Waals surface area contributed by atoms with Crippen molar-refractivity contribution < 1.29 is 0 Å². The largest absolute Gasteiger partial charge is 0.310 e. The predicted molar refractivity (Wildman–Crippen MR) is 290 cm³/mol. The van der Waals surface area contributed by atoms with Gasteiger partial charge in [-0.3, -0.25) is 0 Å². The zero-order valence-electron chi connectivity index (χ0n) is 43.1. The van der Waals surface area contributed by atoms with Crippen LogP contribution in [0.3, 0.4) is 0 Å². The van der Waals surface area contributed by atoms with Crippen molar-refractivity contribution >= 4 is 17.1 Å². The predicted octanol–water partition coefficient (Wildman–Crippen LogP) is 18.2. The minimum atomic E-state index is -0.547. The van der Waals surface area contributed by atoms with Gasteiger partial charge in [-0.1, -0.05) is 198 Å². The number of benzene rings is 7. The molecular weight excluding hydrogens is 819 g/mol. The van der Waals surface area contributed by atoms with Crippen molar-refractivity contribution in [2.24, 2.45) is 0 Å². The van der Waals surface area contributed by atoms with Crippen LogP contribution in [0.15, 0.2) is 152 Å². The average molecular weight is 892 g/mol. The number of anilines is 3. The Labute approximate surface area is 409 Å². The van der Waals surface area contributed by atoms with E-state index < -0.39 is 5.41 Å². The Morgan fingerprint density at radius 2 is 0.721 bits per heavy atom. The van der Waals surface area contributed by atoms with E-state index in [9.17, 15) is 0 Å². The zero-order valence-corrected chi connectivity index (χ0v) is 43.1. The summed E-state index contributed by atoms with van der Waals surface area (Å²) in [6.45, 7) is 29.7. The van der Waals surface area contributed by atoms with Crippen molar-refractivity contribution in [3.8, 4) is 22.3 Å². The highest BCUT2D eigenvalue weighted by atomic mass is 15.1. The van der Waals surface area contributed by atoms with E-state index in [0.717, 1.165) is 6.42 Å². The summed E-state index contributed by atoms with van der Waals surface area (Å²) in [6, 6.07) is 59.7. The lowest BCUT2D eigenvalue weighted by Crippen LogP contribution is -2.35. The first-order chi connectivity index (χ1) is 32.2. The summed E-state index contributed by atoms with van der Waals surface area (Å²) in [6.07, 6.45) is 7.03. The lowest BCUT2D eigenvalue weighted by atomic mass is 9.61. The molecule has 7 aromatic rings. The maximum Gasteiger partial charge on any atom is 0.0714 e. The first-order valence-corrected chi connectivity index (χ1v) is 25.8. The van der Waals surface area contributed by atoms with Crippen molar-refractivity contribution in [1.82, 2.24) is 0 Å². The number of rotatable bonds is 6. The van der Waals surface area contributed by atoms with E-state index >= 15 is 0 Å². The molecule has 0 spiro atoms. The molecular formula is C67H73N. The summed E-state index contributed by atoms with van der Waals surface area (Å²) in [5, 5.41) is 0. The van der Waals surface area contributed by atoms with Crippen LogP contribution in [0.5, 0.6) is 0 Å². The molecule has 7 aromatic carbocycles. The topological polar surface area (TPSA) is 3.24 Å². The first-order valence-electron chi connectivity index (χ1n) is 25.8. The van der Waals surface area contributed by atoms with Crippen molar-refractivity contribution in [3.05, 3.63) is 207 Å². The van der Waals surface area contributed by atoms with Crippen molar-refractivity contribution in [2.45, 2.75) is 160 Å². The number of hydrogen-bond acceptors (Lipinski definition) is 1. The van der Waals surface area contributed by atoms with Crippen molar-refractivity contribution in [1.29, 1.82) is 0 Å². The van der Waals surface area contributed by atoms with Crippen molar-refractivity contribution in [2.75, 3.05) is 4.90 Å². The molecule has 0 amide bonds. The summed E-state index contributed by atoms with van der Waals surface area (Å²) in [7, 11) is 0. The van der Waals surface area contributed by atoms with E-state index in [-0.39, 0.29) is 32.5 Å². The van der Waals surface area contributed by atoms with Gasteiger partial charge in [-0.15, -0.1) is 0 Å². The fraction of sp³-hybridized carbons (Fsp3) is 0.373. The number of nitrogens with zero attached hydrogens (tertiary/aromatic N) is 1. The summed E-state index contributed by atoms with van der Waals surface area (Å²) in [5.41, 5.74) is 23.0. The molecule has 68 heavy (non-hydrogen) atoms. The Balaban J connectivity index is 1.32. The monoisotopic (exact) mass is 892 g/mol. The highest BCUT2D eigenvalue weighted by Gasteiger charge is 2.48. The van der Waals surface area contributed by atoms with Gasteiger partial charge in [0.1, 0.15) is 0 Å². The molecule has 4 aliphatic carbocycles. The fourth-order valence-electron chi connectivity index (χ4n) is 13.7. The van der Waals surface area contributed by atoms with Crippen LogP contribution in [0.1, 0.15) is 177 Å². The van der Waals surface area contributed by atoms with Gasteiger partial charge in [0.05, 0.1) is 11.1 Å². The Morgan fingerprint density at radius 1 is 0.294 bits per heavy atom. The molecule has 0 aromatic heterocycles. The Morgan fingerprint density at radius 3 is 1.25 bits per heavy atom. The average Bonchev–Trinajstić information content (AvgIpc) is 3.61. The summed E-state index contributed by atoms with van der Waals surface area (Å²) in [5.74, 6) is 0. The normalized spacial score (nSPS) is 20.2. The second kappa shape index (κ2) is 15.2. The second-order valence-electron chi connectivity index (χ2n) is 25.3. The minimum Gasteiger partial charge on any atom is -0.310 e. The molecule has 0 bridgehead atoms. The molecule has 0 radical (unpaired) electrons. The fourth-order valence-corrected chi connectivity index (χ4v) is 13.7. The second-order valence-corrected chi connectivity index (χ2v) is 25.3. The summed E-state index contributed by atoms with van der Waals surface area (Å²) >= 11 is 0. The van der Waals surface area contributed by atoms with Gasteiger partial charge in [0.25, 0.3) is 0 Å². The van der Waals surface area contributed by atoms with Gasteiger partial charge in [-0.05, 0) is 180 Å². The molecule has 0 N–H and O–H groups in total. The summed E-state index contributed by atoms with van der Waals surface area (Å²) in [4.78, 5) is 2.70. The molecule has 0 unspecified atom stereocenters. The SMILES string of the molecule is CC1(C)CCC(C)(C)c2cc(N(c3ccc4c(c3)C(C)(C)CCC4(C)C)c3cc4c(cc3-c3cccc5c3C(C)(C)CCC5(C)C)-c3ccccc3C4(c3ccccc3)c3ccccc3)ccc21. The van der Waals surface area contributed by atoms with Gasteiger partial charge >= 0.3 is 0 Å². The quantitative estimate of drug-likeness (QED) is 0.161. The molecule has 1 nitrogen and oxygen atoms in total. The van der Waals surface area contributed by atoms with Crippen LogP contribution in [-0.2, 0) is 37.9 Å². The highest BCUT2D eigenvalue weighted by molar-refractivity contribution is 5.98. The third-order valence-corrected chi connectivity index (χ3v) is 18.1. The van der Waals surface area contributed by atoms with Gasteiger partial charge in [0.15, 0.2) is 0 Å². The molecule has 4 aliphatic rings. The Hall–Kier alpha value is -5.66. The van der Waals surface area contributed by atoms with Gasteiger partial charge < -0.3 is 4.90 Å². The van der Waals surface area contributed by atoms with Crippen molar-refractivity contribution in [3.63, 3.8) is 0 Å². The third kappa shape index (κ3) is 6.68.